The van der Waals surface area contributed by atoms with E-state index in [9.17, 15) is 14.4 Å². The summed E-state index contributed by atoms with van der Waals surface area (Å²) in [6.07, 6.45) is 3.52. The molecule has 0 aromatic heterocycles. The monoisotopic (exact) mass is 387 g/mol. The molecule has 28 heavy (non-hydrogen) atoms. The minimum absolute atomic E-state index is 0.0805. The highest BCUT2D eigenvalue weighted by Gasteiger charge is 2.55. The summed E-state index contributed by atoms with van der Waals surface area (Å²) in [5, 5.41) is 5.57. The highest BCUT2D eigenvalue weighted by Crippen LogP contribution is 2.38. The number of nitrogens with zero attached hydrogens (tertiary/aromatic N) is 1. The van der Waals surface area contributed by atoms with Gasteiger partial charge in [0.15, 0.2) is 0 Å². The predicted molar refractivity (Wildman–Crippen MR) is 105 cm³/mol. The van der Waals surface area contributed by atoms with Gasteiger partial charge in [-0.05, 0) is 44.2 Å². The molecule has 0 bridgehead atoms. The molecule has 1 aliphatic heterocycles. The quantitative estimate of drug-likeness (QED) is 0.579. The summed E-state index contributed by atoms with van der Waals surface area (Å²) in [7, 11) is 0. The lowest BCUT2D eigenvalue weighted by molar-refractivity contribution is -0.137. The highest BCUT2D eigenvalue weighted by atomic mass is 16.5. The Kier molecular flexibility index (Phi) is 5.91. The van der Waals surface area contributed by atoms with Gasteiger partial charge >= 0.3 is 6.03 Å². The Morgan fingerprint density at radius 3 is 2.82 bits per heavy atom. The van der Waals surface area contributed by atoms with Gasteiger partial charge in [0.25, 0.3) is 5.91 Å². The van der Waals surface area contributed by atoms with Gasteiger partial charge in [-0.2, -0.15) is 0 Å². The van der Waals surface area contributed by atoms with E-state index in [0.29, 0.717) is 19.6 Å². The molecule has 0 radical (unpaired) electrons. The highest BCUT2D eigenvalue weighted by molar-refractivity contribution is 6.09. The zero-order chi connectivity index (χ0) is 20.3. The zero-order valence-electron chi connectivity index (χ0n) is 16.8. The average Bonchev–Trinajstić information content (AvgIpc) is 2.88. The molecule has 1 saturated carbocycles. The SMILES string of the molecule is Cc1ccc(OCCNC(=O)CN2C(=O)N[C@]3(CCCC[C@H]3C)C2=O)c(C)c1. The standard InChI is InChI=1S/C21H29N3O4/c1-14-7-8-17(15(2)12-14)28-11-10-22-18(25)13-24-19(26)21(23-20(24)27)9-5-4-6-16(21)3/h7-8,12,16H,4-6,9-11,13H2,1-3H3,(H,22,25)(H,23,27)/t16-,21+/m1/s1. The fourth-order valence-electron chi connectivity index (χ4n) is 4.15. The third-order valence-corrected chi connectivity index (χ3v) is 5.82. The van der Waals surface area contributed by atoms with E-state index in [1.807, 2.05) is 39.0 Å². The van der Waals surface area contributed by atoms with Gasteiger partial charge in [-0.3, -0.25) is 14.5 Å². The van der Waals surface area contributed by atoms with Gasteiger partial charge in [0, 0.05) is 0 Å². The first-order chi connectivity index (χ1) is 13.3. The van der Waals surface area contributed by atoms with Crippen LogP contribution in [0, 0.1) is 19.8 Å². The summed E-state index contributed by atoms with van der Waals surface area (Å²) in [5.74, 6) is 0.221. The molecule has 2 fully saturated rings. The molecule has 2 N–H and O–H groups in total. The fraction of sp³-hybridized carbons (Fsp3) is 0.571. The van der Waals surface area contributed by atoms with Crippen LogP contribution in [0.2, 0.25) is 0 Å². The van der Waals surface area contributed by atoms with Crippen LogP contribution in [0.3, 0.4) is 0 Å². The summed E-state index contributed by atoms with van der Waals surface area (Å²) >= 11 is 0. The molecule has 1 saturated heterocycles. The number of benzene rings is 1. The molecule has 7 nitrogen and oxygen atoms in total. The van der Waals surface area contributed by atoms with E-state index in [1.165, 1.54) is 0 Å². The minimum Gasteiger partial charge on any atom is -0.491 e. The zero-order valence-corrected chi connectivity index (χ0v) is 16.8. The van der Waals surface area contributed by atoms with E-state index in [-0.39, 0.29) is 24.3 Å². The molecule has 1 aromatic rings. The van der Waals surface area contributed by atoms with E-state index >= 15 is 0 Å². The molecule has 4 amide bonds. The number of rotatable bonds is 6. The lowest BCUT2D eigenvalue weighted by atomic mass is 9.73. The fourth-order valence-corrected chi connectivity index (χ4v) is 4.15. The normalized spacial score (nSPS) is 24.4. The number of hydrogen-bond acceptors (Lipinski definition) is 4. The van der Waals surface area contributed by atoms with Gasteiger partial charge in [-0.25, -0.2) is 4.79 Å². The molecule has 2 aliphatic rings. The van der Waals surface area contributed by atoms with Crippen molar-refractivity contribution in [1.29, 1.82) is 0 Å². The predicted octanol–water partition coefficient (Wildman–Crippen LogP) is 2.30. The van der Waals surface area contributed by atoms with Crippen molar-refractivity contribution >= 4 is 17.8 Å². The van der Waals surface area contributed by atoms with Crippen LogP contribution in [0.5, 0.6) is 5.75 Å². The Balaban J connectivity index is 1.48. The Labute approximate surface area is 165 Å². The van der Waals surface area contributed by atoms with Crippen molar-refractivity contribution < 1.29 is 19.1 Å². The molecule has 152 valence electrons. The topological polar surface area (TPSA) is 87.7 Å². The van der Waals surface area contributed by atoms with Gasteiger partial charge in [0.1, 0.15) is 24.4 Å². The van der Waals surface area contributed by atoms with Crippen LogP contribution in [0.15, 0.2) is 18.2 Å². The maximum atomic E-state index is 12.9. The second kappa shape index (κ2) is 8.20. The molecule has 1 aliphatic carbocycles. The summed E-state index contributed by atoms with van der Waals surface area (Å²) in [5.41, 5.74) is 1.37. The average molecular weight is 387 g/mol. The van der Waals surface area contributed by atoms with Crippen molar-refractivity contribution in [2.75, 3.05) is 19.7 Å². The first-order valence-corrected chi connectivity index (χ1v) is 9.94. The molecule has 1 aromatic carbocycles. The smallest absolute Gasteiger partial charge is 0.325 e. The van der Waals surface area contributed by atoms with Crippen molar-refractivity contribution in [2.45, 2.75) is 52.0 Å². The number of imide groups is 1. The first-order valence-electron chi connectivity index (χ1n) is 9.94. The number of nitrogens with one attached hydrogen (secondary N) is 2. The number of carbonyl (C=O) groups is 3. The van der Waals surface area contributed by atoms with E-state index < -0.39 is 11.6 Å². The molecule has 0 unspecified atom stereocenters. The Morgan fingerprint density at radius 2 is 2.11 bits per heavy atom. The molecule has 2 atom stereocenters. The minimum atomic E-state index is -0.832. The van der Waals surface area contributed by atoms with Crippen molar-refractivity contribution in [3.8, 4) is 5.75 Å². The second-order valence-corrected chi connectivity index (χ2v) is 7.91. The van der Waals surface area contributed by atoms with Crippen LogP contribution in [0.25, 0.3) is 0 Å². The maximum Gasteiger partial charge on any atom is 0.325 e. The summed E-state index contributed by atoms with van der Waals surface area (Å²) in [6, 6.07) is 5.44. The lowest BCUT2D eigenvalue weighted by Crippen LogP contribution is -2.54. The number of carbonyl (C=O) groups excluding carboxylic acids is 3. The first kappa shape index (κ1) is 20.2. The van der Waals surface area contributed by atoms with Crippen LogP contribution in [0.1, 0.15) is 43.7 Å². The molecule has 3 rings (SSSR count). The van der Waals surface area contributed by atoms with E-state index in [4.69, 9.17) is 4.74 Å². The van der Waals surface area contributed by atoms with E-state index in [1.54, 1.807) is 0 Å². The lowest BCUT2D eigenvalue weighted by Gasteiger charge is -2.36. The second-order valence-electron chi connectivity index (χ2n) is 7.91. The number of hydrogen-bond donors (Lipinski definition) is 2. The van der Waals surface area contributed by atoms with E-state index in [0.717, 1.165) is 41.0 Å². The van der Waals surface area contributed by atoms with Crippen molar-refractivity contribution in [3.05, 3.63) is 29.3 Å². The number of ether oxygens (including phenoxy) is 1. The Bertz CT molecular complexity index is 779. The molecule has 1 spiro atoms. The Hall–Kier alpha value is -2.57. The van der Waals surface area contributed by atoms with Crippen LogP contribution < -0.4 is 15.4 Å². The van der Waals surface area contributed by atoms with Gasteiger partial charge < -0.3 is 15.4 Å². The van der Waals surface area contributed by atoms with Gasteiger partial charge in [-0.15, -0.1) is 0 Å². The number of urea groups is 1. The third kappa shape index (κ3) is 3.98. The van der Waals surface area contributed by atoms with E-state index in [2.05, 4.69) is 10.6 Å². The molecule has 1 heterocycles. The summed E-state index contributed by atoms with van der Waals surface area (Å²) in [4.78, 5) is 38.4. The largest absolute Gasteiger partial charge is 0.491 e. The van der Waals surface area contributed by atoms with Gasteiger partial charge in [-0.1, -0.05) is 37.5 Å². The van der Waals surface area contributed by atoms with Crippen LogP contribution >= 0.6 is 0 Å². The van der Waals surface area contributed by atoms with Crippen LogP contribution in [-0.2, 0) is 9.59 Å². The summed E-state index contributed by atoms with van der Waals surface area (Å²) < 4.78 is 5.68. The number of aryl methyl sites for hydroxylation is 2. The number of amides is 4. The van der Waals surface area contributed by atoms with Gasteiger partial charge in [0.05, 0.1) is 6.54 Å². The van der Waals surface area contributed by atoms with Crippen LogP contribution in [0.4, 0.5) is 4.79 Å². The summed E-state index contributed by atoms with van der Waals surface area (Å²) in [6.45, 7) is 6.34. The van der Waals surface area contributed by atoms with Crippen molar-refractivity contribution in [1.82, 2.24) is 15.5 Å². The van der Waals surface area contributed by atoms with Crippen molar-refractivity contribution in [2.24, 2.45) is 5.92 Å². The molecular weight excluding hydrogens is 358 g/mol. The van der Waals surface area contributed by atoms with Crippen LogP contribution in [-0.4, -0.2) is 48.0 Å². The maximum absolute atomic E-state index is 12.9. The third-order valence-electron chi connectivity index (χ3n) is 5.82. The van der Waals surface area contributed by atoms with Gasteiger partial charge in [0.2, 0.25) is 5.91 Å². The molecule has 7 heteroatoms. The molecular formula is C21H29N3O4. The van der Waals surface area contributed by atoms with Crippen molar-refractivity contribution in [3.63, 3.8) is 0 Å². The Morgan fingerprint density at radius 1 is 1.32 bits per heavy atom.